The van der Waals surface area contributed by atoms with E-state index in [2.05, 4.69) is 13.2 Å². The molecular weight excluding hydrogens is 112 g/mol. The van der Waals surface area contributed by atoms with Gasteiger partial charge in [-0.25, -0.2) is 0 Å². The molecule has 0 aromatic rings. The first-order valence-electron chi connectivity index (χ1n) is 2.87. The van der Waals surface area contributed by atoms with Gasteiger partial charge in [-0.05, 0) is 19.1 Å². The van der Waals surface area contributed by atoms with E-state index in [0.29, 0.717) is 6.61 Å². The highest BCUT2D eigenvalue weighted by molar-refractivity contribution is 5.07. The van der Waals surface area contributed by atoms with Gasteiger partial charge in [0, 0.05) is 0 Å². The molecule has 0 radical (unpaired) electrons. The van der Waals surface area contributed by atoms with Gasteiger partial charge in [0.2, 0.25) is 0 Å². The fraction of sp³-hybridized carbons (Fsp3) is 0.250. The van der Waals surface area contributed by atoms with Crippen LogP contribution in [0.3, 0.4) is 0 Å². The smallest absolute Gasteiger partial charge is 0.114 e. The average Bonchev–Trinajstić information content (AvgIpc) is 1.91. The van der Waals surface area contributed by atoms with Crippen LogP contribution in [-0.2, 0) is 4.74 Å². The van der Waals surface area contributed by atoms with Crippen LogP contribution in [0.1, 0.15) is 6.92 Å². The fourth-order valence-electron chi connectivity index (χ4n) is 0.415. The van der Waals surface area contributed by atoms with Crippen molar-refractivity contribution < 1.29 is 4.74 Å². The van der Waals surface area contributed by atoms with Crippen LogP contribution in [0.15, 0.2) is 37.1 Å². The molecule has 0 N–H and O–H groups in total. The molecule has 0 saturated carbocycles. The van der Waals surface area contributed by atoms with Gasteiger partial charge in [0.1, 0.15) is 12.4 Å². The quantitative estimate of drug-likeness (QED) is 0.317. The van der Waals surface area contributed by atoms with Gasteiger partial charge in [-0.15, -0.1) is 0 Å². The molecule has 0 heterocycles. The second kappa shape index (κ2) is 5.16. The van der Waals surface area contributed by atoms with Crippen molar-refractivity contribution in [1.29, 1.82) is 0 Å². The SMILES string of the molecule is C=CCOC(C=C)=CC. The number of rotatable bonds is 4. The molecule has 0 aliphatic carbocycles. The minimum atomic E-state index is 0.547. The van der Waals surface area contributed by atoms with Crippen molar-refractivity contribution in [2.24, 2.45) is 0 Å². The first kappa shape index (κ1) is 8.02. The molecule has 0 fully saturated rings. The van der Waals surface area contributed by atoms with Gasteiger partial charge in [-0.1, -0.05) is 19.2 Å². The summed E-state index contributed by atoms with van der Waals surface area (Å²) in [6, 6.07) is 0. The standard InChI is InChI=1S/C8H12O/c1-4-7-9-8(5-2)6-3/h4-6H,1-2,7H2,3H3. The zero-order valence-electron chi connectivity index (χ0n) is 5.76. The first-order valence-corrected chi connectivity index (χ1v) is 2.87. The molecule has 50 valence electrons. The van der Waals surface area contributed by atoms with Crippen LogP contribution in [0.25, 0.3) is 0 Å². The fourth-order valence-corrected chi connectivity index (χ4v) is 0.415. The second-order valence-electron chi connectivity index (χ2n) is 1.49. The molecule has 0 saturated heterocycles. The van der Waals surface area contributed by atoms with E-state index in [1.165, 1.54) is 0 Å². The summed E-state index contributed by atoms with van der Waals surface area (Å²) in [4.78, 5) is 0. The van der Waals surface area contributed by atoms with Crippen molar-refractivity contribution in [3.63, 3.8) is 0 Å². The Bertz CT molecular complexity index is 123. The number of ether oxygens (including phenoxy) is 1. The third-order valence-corrected chi connectivity index (χ3v) is 0.854. The second-order valence-corrected chi connectivity index (χ2v) is 1.49. The van der Waals surface area contributed by atoms with E-state index in [1.807, 2.05) is 13.0 Å². The monoisotopic (exact) mass is 124 g/mol. The molecule has 0 aliphatic heterocycles. The summed E-state index contributed by atoms with van der Waals surface area (Å²) >= 11 is 0. The van der Waals surface area contributed by atoms with Crippen LogP contribution in [0, 0.1) is 0 Å². The van der Waals surface area contributed by atoms with Crippen LogP contribution < -0.4 is 0 Å². The highest BCUT2D eigenvalue weighted by atomic mass is 16.5. The topological polar surface area (TPSA) is 9.23 Å². The predicted molar refractivity (Wildman–Crippen MR) is 40.1 cm³/mol. The third kappa shape index (κ3) is 3.59. The summed E-state index contributed by atoms with van der Waals surface area (Å²) < 4.78 is 5.11. The van der Waals surface area contributed by atoms with Crippen LogP contribution in [-0.4, -0.2) is 6.61 Å². The molecule has 0 aromatic carbocycles. The van der Waals surface area contributed by atoms with E-state index in [-0.39, 0.29) is 0 Å². The van der Waals surface area contributed by atoms with E-state index >= 15 is 0 Å². The summed E-state index contributed by atoms with van der Waals surface area (Å²) in [5, 5.41) is 0. The molecule has 0 atom stereocenters. The number of hydrogen-bond donors (Lipinski definition) is 0. The molecule has 0 amide bonds. The lowest BCUT2D eigenvalue weighted by Gasteiger charge is -2.00. The molecule has 0 spiro atoms. The Morgan fingerprint density at radius 3 is 2.56 bits per heavy atom. The summed E-state index contributed by atoms with van der Waals surface area (Å²) in [7, 11) is 0. The minimum absolute atomic E-state index is 0.547. The Balaban J connectivity index is 3.57. The summed E-state index contributed by atoms with van der Waals surface area (Å²) in [5.74, 6) is 0.801. The molecule has 0 unspecified atom stereocenters. The summed E-state index contributed by atoms with van der Waals surface area (Å²) in [6.45, 7) is 9.52. The Hall–Kier alpha value is -0.980. The highest BCUT2D eigenvalue weighted by Gasteiger charge is 1.83. The van der Waals surface area contributed by atoms with E-state index in [0.717, 1.165) is 5.76 Å². The van der Waals surface area contributed by atoms with E-state index < -0.39 is 0 Å². The molecule has 1 nitrogen and oxygen atoms in total. The van der Waals surface area contributed by atoms with Crippen LogP contribution >= 0.6 is 0 Å². The lowest BCUT2D eigenvalue weighted by molar-refractivity contribution is 0.261. The van der Waals surface area contributed by atoms with Crippen molar-refractivity contribution in [3.05, 3.63) is 37.1 Å². The van der Waals surface area contributed by atoms with E-state index in [1.54, 1.807) is 12.2 Å². The average molecular weight is 124 g/mol. The van der Waals surface area contributed by atoms with Crippen LogP contribution in [0.4, 0.5) is 0 Å². The molecule has 0 aromatic heterocycles. The van der Waals surface area contributed by atoms with Crippen molar-refractivity contribution in [1.82, 2.24) is 0 Å². The van der Waals surface area contributed by atoms with E-state index in [4.69, 9.17) is 4.74 Å². The van der Waals surface area contributed by atoms with E-state index in [9.17, 15) is 0 Å². The van der Waals surface area contributed by atoms with Crippen molar-refractivity contribution in [2.75, 3.05) is 6.61 Å². The molecule has 0 aliphatic rings. The van der Waals surface area contributed by atoms with Gasteiger partial charge in [0.05, 0.1) is 0 Å². The van der Waals surface area contributed by atoms with Gasteiger partial charge in [-0.2, -0.15) is 0 Å². The van der Waals surface area contributed by atoms with Gasteiger partial charge in [0.15, 0.2) is 0 Å². The molecule has 0 rings (SSSR count). The number of hydrogen-bond acceptors (Lipinski definition) is 1. The Kier molecular flexibility index (Phi) is 4.60. The molecule has 1 heteroatoms. The van der Waals surface area contributed by atoms with Gasteiger partial charge >= 0.3 is 0 Å². The van der Waals surface area contributed by atoms with Crippen molar-refractivity contribution in [3.8, 4) is 0 Å². The molecule has 0 bridgehead atoms. The minimum Gasteiger partial charge on any atom is -0.490 e. The Morgan fingerprint density at radius 1 is 1.56 bits per heavy atom. The number of allylic oxidation sites excluding steroid dienone is 2. The molecular formula is C8H12O. The molecule has 9 heavy (non-hydrogen) atoms. The maximum atomic E-state index is 5.11. The van der Waals surface area contributed by atoms with Crippen LogP contribution in [0.2, 0.25) is 0 Å². The lowest BCUT2D eigenvalue weighted by atomic mass is 10.4. The summed E-state index contributed by atoms with van der Waals surface area (Å²) in [5.41, 5.74) is 0. The maximum Gasteiger partial charge on any atom is 0.114 e. The van der Waals surface area contributed by atoms with Crippen LogP contribution in [0.5, 0.6) is 0 Å². The maximum absolute atomic E-state index is 5.11. The summed E-state index contributed by atoms with van der Waals surface area (Å²) in [6.07, 6.45) is 5.23. The van der Waals surface area contributed by atoms with Gasteiger partial charge in [0.25, 0.3) is 0 Å². The highest BCUT2D eigenvalue weighted by Crippen LogP contribution is 1.96. The van der Waals surface area contributed by atoms with Gasteiger partial charge < -0.3 is 4.74 Å². The first-order chi connectivity index (χ1) is 4.35. The largest absolute Gasteiger partial charge is 0.490 e. The zero-order chi connectivity index (χ0) is 7.11. The lowest BCUT2D eigenvalue weighted by Crippen LogP contribution is -1.86. The third-order valence-electron chi connectivity index (χ3n) is 0.854. The van der Waals surface area contributed by atoms with Crippen molar-refractivity contribution in [2.45, 2.75) is 6.92 Å². The van der Waals surface area contributed by atoms with Crippen molar-refractivity contribution >= 4 is 0 Å². The normalized spacial score (nSPS) is 10.6. The van der Waals surface area contributed by atoms with Gasteiger partial charge in [-0.3, -0.25) is 0 Å². The predicted octanol–water partition coefficient (Wildman–Crippen LogP) is 2.28. The Morgan fingerprint density at radius 2 is 2.22 bits per heavy atom. The zero-order valence-corrected chi connectivity index (χ0v) is 5.76. The Labute approximate surface area is 56.3 Å².